The van der Waals surface area contributed by atoms with Crippen LogP contribution in [0.25, 0.3) is 32.7 Å². The maximum Gasteiger partial charge on any atom is 0.458 e. The van der Waals surface area contributed by atoms with Crippen LogP contribution in [0.2, 0.25) is 5.02 Å². The molecule has 0 aliphatic rings. The van der Waals surface area contributed by atoms with E-state index in [1.54, 1.807) is 18.1 Å². The predicted octanol–water partition coefficient (Wildman–Crippen LogP) is 7.67. The molecule has 144 valence electrons. The second-order valence-corrected chi connectivity index (χ2v) is 7.20. The largest absolute Gasteiger partial charge is 0.458 e. The Morgan fingerprint density at radius 2 is 1.41 bits per heavy atom. The second kappa shape index (κ2) is 7.09. The molecule has 0 aromatic heterocycles. The molecule has 0 nitrogen and oxygen atoms in total. The molecule has 0 N–H and O–H groups in total. The van der Waals surface area contributed by atoms with Crippen LogP contribution in [-0.4, -0.2) is 6.18 Å². The minimum absolute atomic E-state index is 0.155. The van der Waals surface area contributed by atoms with Gasteiger partial charge in [-0.2, -0.15) is 13.2 Å². The van der Waals surface area contributed by atoms with Gasteiger partial charge in [0.15, 0.2) is 0 Å². The number of hydrogen-bond acceptors (Lipinski definition) is 0. The maximum atomic E-state index is 14.7. The van der Waals surface area contributed by atoms with Crippen LogP contribution in [-0.2, 0) is 0 Å². The lowest BCUT2D eigenvalue weighted by Crippen LogP contribution is -2.02. The summed E-state index contributed by atoms with van der Waals surface area (Å²) in [7, 11) is 0. The SMILES string of the molecule is Cc1ccc2cc(-c3ccc4c(F)c(C#CC(F)(F)F)c(Cl)cc4c3)ccc2c1. The summed E-state index contributed by atoms with van der Waals surface area (Å²) < 4.78 is 51.8. The Labute approximate surface area is 169 Å². The van der Waals surface area contributed by atoms with Crippen molar-refractivity contribution < 1.29 is 17.6 Å². The van der Waals surface area contributed by atoms with Crippen LogP contribution in [0.15, 0.2) is 60.7 Å². The smallest absolute Gasteiger partial charge is 0.205 e. The molecule has 4 aromatic rings. The molecule has 0 aliphatic heterocycles. The highest BCUT2D eigenvalue weighted by Gasteiger charge is 2.23. The van der Waals surface area contributed by atoms with Crippen molar-refractivity contribution in [1.82, 2.24) is 0 Å². The van der Waals surface area contributed by atoms with Crippen molar-refractivity contribution >= 4 is 33.1 Å². The summed E-state index contributed by atoms with van der Waals surface area (Å²) in [6.07, 6.45) is -4.72. The first-order valence-electron chi connectivity index (χ1n) is 8.74. The Bertz CT molecular complexity index is 1320. The van der Waals surface area contributed by atoms with E-state index in [9.17, 15) is 17.6 Å². The van der Waals surface area contributed by atoms with Gasteiger partial charge in [0.05, 0.1) is 10.6 Å². The van der Waals surface area contributed by atoms with Gasteiger partial charge in [-0.1, -0.05) is 65.5 Å². The zero-order chi connectivity index (χ0) is 20.8. The van der Waals surface area contributed by atoms with Crippen molar-refractivity contribution in [2.24, 2.45) is 0 Å². The highest BCUT2D eigenvalue weighted by atomic mass is 35.5. The minimum Gasteiger partial charge on any atom is -0.205 e. The Kier molecular flexibility index (Phi) is 4.72. The highest BCUT2D eigenvalue weighted by Crippen LogP contribution is 2.32. The summed E-state index contributed by atoms with van der Waals surface area (Å²) in [5.74, 6) is 2.01. The summed E-state index contributed by atoms with van der Waals surface area (Å²) in [4.78, 5) is 0. The number of alkyl halides is 3. The van der Waals surface area contributed by atoms with Crippen molar-refractivity contribution in [3.63, 3.8) is 0 Å². The summed E-state index contributed by atoms with van der Waals surface area (Å²) in [6.45, 7) is 2.03. The van der Waals surface area contributed by atoms with E-state index < -0.39 is 17.6 Å². The van der Waals surface area contributed by atoms with Crippen LogP contribution in [0, 0.1) is 24.6 Å². The van der Waals surface area contributed by atoms with E-state index in [1.807, 2.05) is 37.3 Å². The number of rotatable bonds is 1. The lowest BCUT2D eigenvalue weighted by atomic mass is 9.97. The van der Waals surface area contributed by atoms with Crippen molar-refractivity contribution in [3.05, 3.63) is 82.6 Å². The molecule has 0 heterocycles. The summed E-state index contributed by atoms with van der Waals surface area (Å²) in [5, 5.41) is 2.71. The summed E-state index contributed by atoms with van der Waals surface area (Å²) in [6, 6.07) is 18.7. The fourth-order valence-electron chi connectivity index (χ4n) is 3.30. The molecule has 4 aromatic carbocycles. The predicted molar refractivity (Wildman–Crippen MR) is 110 cm³/mol. The first kappa shape index (κ1) is 19.3. The third-order valence-electron chi connectivity index (χ3n) is 4.69. The third-order valence-corrected chi connectivity index (χ3v) is 4.98. The lowest BCUT2D eigenvalue weighted by Gasteiger charge is -2.09. The average Bonchev–Trinajstić information content (AvgIpc) is 2.66. The van der Waals surface area contributed by atoms with Gasteiger partial charge in [-0.15, -0.1) is 0 Å². The molecule has 0 aliphatic carbocycles. The lowest BCUT2D eigenvalue weighted by molar-refractivity contribution is -0.0696. The average molecular weight is 413 g/mol. The molecule has 0 fully saturated rings. The summed E-state index contributed by atoms with van der Waals surface area (Å²) in [5.41, 5.74) is 2.51. The van der Waals surface area contributed by atoms with Gasteiger partial charge in [0.1, 0.15) is 5.82 Å². The molecule has 0 amide bonds. The van der Waals surface area contributed by atoms with E-state index in [0.717, 1.165) is 27.8 Å². The van der Waals surface area contributed by atoms with Crippen LogP contribution in [0.1, 0.15) is 11.1 Å². The monoisotopic (exact) mass is 412 g/mol. The van der Waals surface area contributed by atoms with Gasteiger partial charge in [-0.25, -0.2) is 4.39 Å². The maximum absolute atomic E-state index is 14.7. The summed E-state index contributed by atoms with van der Waals surface area (Å²) >= 11 is 6.02. The zero-order valence-electron chi connectivity index (χ0n) is 15.2. The number of hydrogen-bond donors (Lipinski definition) is 0. The van der Waals surface area contributed by atoms with Crippen LogP contribution in [0.5, 0.6) is 0 Å². The molecule has 5 heteroatoms. The van der Waals surface area contributed by atoms with E-state index in [0.29, 0.717) is 5.39 Å². The van der Waals surface area contributed by atoms with E-state index in [1.165, 1.54) is 17.7 Å². The molecule has 29 heavy (non-hydrogen) atoms. The molecule has 0 spiro atoms. The number of benzene rings is 4. The van der Waals surface area contributed by atoms with Gasteiger partial charge >= 0.3 is 6.18 Å². The molecule has 0 saturated heterocycles. The molecule has 0 unspecified atom stereocenters. The molecule has 0 radical (unpaired) electrons. The molecular formula is C24H13ClF4. The molecule has 0 atom stereocenters. The van der Waals surface area contributed by atoms with Crippen LogP contribution < -0.4 is 0 Å². The zero-order valence-corrected chi connectivity index (χ0v) is 15.9. The topological polar surface area (TPSA) is 0 Å². The number of aryl methyl sites for hydroxylation is 1. The quantitative estimate of drug-likeness (QED) is 0.222. The Balaban J connectivity index is 1.82. The van der Waals surface area contributed by atoms with E-state index in [4.69, 9.17) is 11.6 Å². The van der Waals surface area contributed by atoms with Gasteiger partial charge < -0.3 is 0 Å². The molecular weight excluding hydrogens is 400 g/mol. The Hall–Kier alpha value is -3.03. The van der Waals surface area contributed by atoms with Gasteiger partial charge in [-0.05, 0) is 52.4 Å². The number of fused-ring (bicyclic) bond motifs is 2. The molecule has 4 rings (SSSR count). The van der Waals surface area contributed by atoms with Crippen LogP contribution in [0.4, 0.5) is 17.6 Å². The fourth-order valence-corrected chi connectivity index (χ4v) is 3.55. The molecule has 0 saturated carbocycles. The Morgan fingerprint density at radius 1 is 0.793 bits per heavy atom. The van der Waals surface area contributed by atoms with Gasteiger partial charge in [0.25, 0.3) is 0 Å². The van der Waals surface area contributed by atoms with E-state index in [-0.39, 0.29) is 10.4 Å². The van der Waals surface area contributed by atoms with Crippen LogP contribution >= 0.6 is 11.6 Å². The minimum atomic E-state index is -4.72. The first-order valence-corrected chi connectivity index (χ1v) is 9.11. The van der Waals surface area contributed by atoms with E-state index >= 15 is 0 Å². The second-order valence-electron chi connectivity index (χ2n) is 6.80. The number of halogens is 5. The van der Waals surface area contributed by atoms with Crippen LogP contribution in [0.3, 0.4) is 0 Å². The van der Waals surface area contributed by atoms with Gasteiger partial charge in [0, 0.05) is 11.3 Å². The van der Waals surface area contributed by atoms with Crippen molar-refractivity contribution in [2.45, 2.75) is 13.1 Å². The van der Waals surface area contributed by atoms with Gasteiger partial charge in [0.2, 0.25) is 0 Å². The molecule has 0 bridgehead atoms. The van der Waals surface area contributed by atoms with Gasteiger partial charge in [-0.3, -0.25) is 0 Å². The van der Waals surface area contributed by atoms with Crippen molar-refractivity contribution in [3.8, 4) is 23.0 Å². The normalized spacial score (nSPS) is 11.5. The third kappa shape index (κ3) is 3.92. The fraction of sp³-hybridized carbons (Fsp3) is 0.0833. The highest BCUT2D eigenvalue weighted by molar-refractivity contribution is 6.32. The van der Waals surface area contributed by atoms with Crippen molar-refractivity contribution in [1.29, 1.82) is 0 Å². The standard InChI is InChI=1S/C24H13ClF4/c1-14-2-3-16-11-17(5-4-15(16)10-14)18-6-7-20-19(12-18)13-22(25)21(23(20)26)8-9-24(27,28)29/h2-7,10-13H,1H3. The Morgan fingerprint density at radius 3 is 2.14 bits per heavy atom. The van der Waals surface area contributed by atoms with E-state index in [2.05, 4.69) is 6.07 Å². The first-order chi connectivity index (χ1) is 13.7. The van der Waals surface area contributed by atoms with Crippen molar-refractivity contribution in [2.75, 3.05) is 0 Å².